The molecule has 1 aliphatic rings. The molecule has 0 bridgehead atoms. The van der Waals surface area contributed by atoms with Gasteiger partial charge in [0.05, 0.1) is 12.0 Å². The predicted molar refractivity (Wildman–Crippen MR) is 84.8 cm³/mol. The number of amidine groups is 1. The van der Waals surface area contributed by atoms with Gasteiger partial charge in [0, 0.05) is 36.0 Å². The topological polar surface area (TPSA) is 50.4 Å². The highest BCUT2D eigenvalue weighted by molar-refractivity contribution is 8.13. The summed E-state index contributed by atoms with van der Waals surface area (Å²) in [5, 5.41) is 2.85. The van der Waals surface area contributed by atoms with Gasteiger partial charge in [-0.15, -0.1) is 0 Å². The molecule has 0 aliphatic carbocycles. The Kier molecular flexibility index (Phi) is 5.74. The molecule has 1 aromatic rings. The number of aliphatic imine (C=N–C) groups is 1. The van der Waals surface area contributed by atoms with Crippen LogP contribution < -0.4 is 11.1 Å². The van der Waals surface area contributed by atoms with Crippen LogP contribution in [0.1, 0.15) is 30.9 Å². The Morgan fingerprint density at radius 3 is 2.62 bits per heavy atom. The molecule has 134 valence electrons. The number of hydrogen-bond donors (Lipinski definition) is 2. The van der Waals surface area contributed by atoms with Crippen molar-refractivity contribution < 1.29 is 22.0 Å². The molecule has 24 heavy (non-hydrogen) atoms. The lowest BCUT2D eigenvalue weighted by atomic mass is 9.88. The first-order valence-corrected chi connectivity index (χ1v) is 8.33. The van der Waals surface area contributed by atoms with Gasteiger partial charge in [-0.05, 0) is 19.4 Å². The number of nitrogens with one attached hydrogen (secondary N) is 1. The summed E-state index contributed by atoms with van der Waals surface area (Å²) >= 11 is 1.36. The first kappa shape index (κ1) is 19.0. The third kappa shape index (κ3) is 4.83. The molecule has 0 fully saturated rings. The average Bonchev–Trinajstić information content (AvgIpc) is 2.43. The number of hydrogen-bond acceptors (Lipinski definition) is 4. The molecule has 2 rings (SSSR count). The van der Waals surface area contributed by atoms with Crippen molar-refractivity contribution in [2.24, 2.45) is 10.7 Å². The van der Waals surface area contributed by atoms with E-state index < -0.39 is 29.8 Å². The van der Waals surface area contributed by atoms with Gasteiger partial charge >= 0.3 is 6.18 Å². The third-order valence-corrected chi connectivity index (χ3v) is 4.61. The Morgan fingerprint density at radius 2 is 2.00 bits per heavy atom. The van der Waals surface area contributed by atoms with Gasteiger partial charge < -0.3 is 11.1 Å². The van der Waals surface area contributed by atoms with Crippen molar-refractivity contribution in [3.63, 3.8) is 0 Å². The van der Waals surface area contributed by atoms with E-state index in [0.717, 1.165) is 6.07 Å². The SMILES string of the molecule is C[C@@]1(c2cc(CNCCC(F)(F)F)c(F)cc2F)CCSC(N)=N1. The standard InChI is InChI=1S/C15H18F5N3S/c1-14(3-5-24-13(21)23-14)10-6-9(11(16)7-12(10)17)8-22-4-2-15(18,19)20/h6-7,22H,2-5,8H2,1H3,(H2,21,23)/t14-/m0/s1. The van der Waals surface area contributed by atoms with Crippen molar-refractivity contribution in [3.05, 3.63) is 34.9 Å². The molecule has 0 saturated carbocycles. The highest BCUT2D eigenvalue weighted by Gasteiger charge is 2.33. The second-order valence-corrected chi connectivity index (χ2v) is 6.90. The van der Waals surface area contributed by atoms with Crippen molar-refractivity contribution in [2.45, 2.75) is 38.0 Å². The van der Waals surface area contributed by atoms with Crippen LogP contribution in [0.15, 0.2) is 17.1 Å². The molecule has 3 N–H and O–H groups in total. The fourth-order valence-corrected chi connectivity index (χ4v) is 3.45. The number of alkyl halides is 3. The fourth-order valence-electron chi connectivity index (χ4n) is 2.48. The van der Waals surface area contributed by atoms with Gasteiger partial charge in [-0.2, -0.15) is 13.2 Å². The number of halogens is 5. The molecule has 3 nitrogen and oxygen atoms in total. The lowest BCUT2D eigenvalue weighted by molar-refractivity contribution is -0.133. The summed E-state index contributed by atoms with van der Waals surface area (Å²) in [6, 6.07) is 2.06. The molecule has 9 heteroatoms. The zero-order valence-corrected chi connectivity index (χ0v) is 13.8. The normalized spacial score (nSPS) is 21.7. The van der Waals surface area contributed by atoms with Crippen LogP contribution in [0.5, 0.6) is 0 Å². The summed E-state index contributed by atoms with van der Waals surface area (Å²) in [6.07, 6.45) is -4.76. The number of nitrogens with two attached hydrogens (primary N) is 1. The van der Waals surface area contributed by atoms with Gasteiger partial charge in [0.1, 0.15) is 11.6 Å². The quantitative estimate of drug-likeness (QED) is 0.617. The Morgan fingerprint density at radius 1 is 1.29 bits per heavy atom. The summed E-state index contributed by atoms with van der Waals surface area (Å²) in [4.78, 5) is 4.27. The van der Waals surface area contributed by atoms with Gasteiger partial charge in [0.2, 0.25) is 0 Å². The van der Waals surface area contributed by atoms with Gasteiger partial charge in [-0.3, -0.25) is 4.99 Å². The zero-order valence-electron chi connectivity index (χ0n) is 13.0. The first-order valence-electron chi connectivity index (χ1n) is 7.35. The Bertz CT molecular complexity index is 632. The number of thioether (sulfide) groups is 1. The minimum atomic E-state index is -4.28. The monoisotopic (exact) mass is 367 g/mol. The number of rotatable bonds is 5. The zero-order chi connectivity index (χ0) is 18.0. The van der Waals surface area contributed by atoms with Crippen molar-refractivity contribution >= 4 is 16.9 Å². The molecule has 0 radical (unpaired) electrons. The van der Waals surface area contributed by atoms with E-state index >= 15 is 0 Å². The molecule has 0 unspecified atom stereocenters. The fraction of sp³-hybridized carbons (Fsp3) is 0.533. The van der Waals surface area contributed by atoms with Crippen LogP contribution in [0.3, 0.4) is 0 Å². The highest BCUT2D eigenvalue weighted by atomic mass is 32.2. The van der Waals surface area contributed by atoms with E-state index in [-0.39, 0.29) is 24.2 Å². The van der Waals surface area contributed by atoms with Gasteiger partial charge in [-0.25, -0.2) is 8.78 Å². The van der Waals surface area contributed by atoms with E-state index in [0.29, 0.717) is 17.3 Å². The minimum absolute atomic E-state index is 0.0989. The lowest BCUT2D eigenvalue weighted by Crippen LogP contribution is -2.30. The molecule has 0 spiro atoms. The largest absolute Gasteiger partial charge is 0.390 e. The van der Waals surface area contributed by atoms with Crippen LogP contribution in [0.25, 0.3) is 0 Å². The third-order valence-electron chi connectivity index (χ3n) is 3.81. The second kappa shape index (κ2) is 7.26. The summed E-state index contributed by atoms with van der Waals surface area (Å²) in [5.41, 5.74) is 5.09. The molecule has 0 saturated heterocycles. The maximum absolute atomic E-state index is 14.2. The Balaban J connectivity index is 2.18. The van der Waals surface area contributed by atoms with Crippen molar-refractivity contribution in [1.82, 2.24) is 5.32 Å². The number of benzene rings is 1. The van der Waals surface area contributed by atoms with E-state index in [1.54, 1.807) is 6.92 Å². The van der Waals surface area contributed by atoms with E-state index in [4.69, 9.17) is 5.73 Å². The van der Waals surface area contributed by atoms with Crippen molar-refractivity contribution in [1.29, 1.82) is 0 Å². The minimum Gasteiger partial charge on any atom is -0.379 e. The average molecular weight is 367 g/mol. The van der Waals surface area contributed by atoms with Crippen molar-refractivity contribution in [3.8, 4) is 0 Å². The maximum atomic E-state index is 14.2. The molecule has 1 atom stereocenters. The van der Waals surface area contributed by atoms with Crippen LogP contribution >= 0.6 is 11.8 Å². The van der Waals surface area contributed by atoms with E-state index in [2.05, 4.69) is 10.3 Å². The predicted octanol–water partition coefficient (Wildman–Crippen LogP) is 3.67. The molecular weight excluding hydrogens is 349 g/mol. The van der Waals surface area contributed by atoms with E-state index in [9.17, 15) is 22.0 Å². The smallest absolute Gasteiger partial charge is 0.379 e. The molecular formula is C15H18F5N3S. The molecule has 1 heterocycles. The van der Waals surface area contributed by atoms with Crippen LogP contribution in [0.4, 0.5) is 22.0 Å². The number of nitrogens with zero attached hydrogens (tertiary/aromatic N) is 1. The van der Waals surface area contributed by atoms with Crippen LogP contribution in [0, 0.1) is 11.6 Å². The molecule has 1 aromatic carbocycles. The first-order chi connectivity index (χ1) is 11.1. The summed E-state index contributed by atoms with van der Waals surface area (Å²) in [5.74, 6) is -0.888. The second-order valence-electron chi connectivity index (χ2n) is 5.79. The van der Waals surface area contributed by atoms with Gasteiger partial charge in [0.15, 0.2) is 5.17 Å². The maximum Gasteiger partial charge on any atom is 0.390 e. The summed E-state index contributed by atoms with van der Waals surface area (Å²) in [7, 11) is 0. The van der Waals surface area contributed by atoms with Crippen LogP contribution in [-0.4, -0.2) is 23.6 Å². The lowest BCUT2D eigenvalue weighted by Gasteiger charge is -2.30. The Labute approximate surface area is 140 Å². The summed E-state index contributed by atoms with van der Waals surface area (Å²) in [6.45, 7) is 1.24. The Hall–Kier alpha value is -1.35. The van der Waals surface area contributed by atoms with Crippen LogP contribution in [0.2, 0.25) is 0 Å². The van der Waals surface area contributed by atoms with Crippen LogP contribution in [-0.2, 0) is 12.1 Å². The van der Waals surface area contributed by atoms with Crippen molar-refractivity contribution in [2.75, 3.05) is 12.3 Å². The van der Waals surface area contributed by atoms with Gasteiger partial charge in [0.25, 0.3) is 0 Å². The molecule has 1 aliphatic heterocycles. The molecule has 0 aromatic heterocycles. The molecule has 0 amide bonds. The highest BCUT2D eigenvalue weighted by Crippen LogP contribution is 2.37. The van der Waals surface area contributed by atoms with E-state index in [1.165, 1.54) is 17.8 Å². The van der Waals surface area contributed by atoms with Gasteiger partial charge in [-0.1, -0.05) is 11.8 Å². The summed E-state index contributed by atoms with van der Waals surface area (Å²) < 4.78 is 64.4. The van der Waals surface area contributed by atoms with E-state index in [1.807, 2.05) is 0 Å².